The number of hydrogen-bond donors (Lipinski definition) is 1. The molecule has 4 rings (SSSR count). The fourth-order valence-corrected chi connectivity index (χ4v) is 2.89. The Hall–Kier alpha value is -3.15. The van der Waals surface area contributed by atoms with Crippen LogP contribution in [0.5, 0.6) is 0 Å². The van der Waals surface area contributed by atoms with Crippen molar-refractivity contribution in [2.45, 2.75) is 19.4 Å². The highest BCUT2D eigenvalue weighted by Gasteiger charge is 2.15. The molecular formula is C18H16N4O2. The number of nitrogens with one attached hydrogen (secondary N) is 1. The first-order valence-electron chi connectivity index (χ1n) is 7.87. The number of fused-ring (bicyclic) bond motifs is 2. The zero-order valence-electron chi connectivity index (χ0n) is 13.0. The van der Waals surface area contributed by atoms with Gasteiger partial charge in [-0.1, -0.05) is 35.5 Å². The molecule has 1 amide bonds. The van der Waals surface area contributed by atoms with Gasteiger partial charge in [0, 0.05) is 24.0 Å². The van der Waals surface area contributed by atoms with Crippen LogP contribution in [0.1, 0.15) is 12.2 Å². The van der Waals surface area contributed by atoms with E-state index in [0.717, 1.165) is 36.1 Å². The van der Waals surface area contributed by atoms with Crippen molar-refractivity contribution < 1.29 is 9.63 Å². The molecule has 0 spiro atoms. The van der Waals surface area contributed by atoms with E-state index in [2.05, 4.69) is 15.5 Å². The van der Waals surface area contributed by atoms with Gasteiger partial charge in [0.2, 0.25) is 0 Å². The molecule has 0 radical (unpaired) electrons. The van der Waals surface area contributed by atoms with Crippen LogP contribution in [0.25, 0.3) is 10.9 Å². The second kappa shape index (κ2) is 6.16. The predicted octanol–water partition coefficient (Wildman–Crippen LogP) is 3.05. The molecule has 0 unspecified atom stereocenters. The van der Waals surface area contributed by atoms with Crippen LogP contribution in [-0.4, -0.2) is 15.6 Å². The van der Waals surface area contributed by atoms with Gasteiger partial charge in [0.15, 0.2) is 5.49 Å². The van der Waals surface area contributed by atoms with Gasteiger partial charge >= 0.3 is 6.09 Å². The van der Waals surface area contributed by atoms with E-state index in [4.69, 9.17) is 4.84 Å². The highest BCUT2D eigenvalue weighted by atomic mass is 16.7. The monoisotopic (exact) mass is 320 g/mol. The molecule has 1 N–H and O–H groups in total. The number of carbonyl (C=O) groups excluding carboxylic acids is 1. The standard InChI is InChI=1S/C18H16N4O2/c23-18(19-13-7-2-1-3-8-13)24-21-17-14-9-4-5-10-15(14)20-16-11-6-12-22(16)17/h1-5,7-10H,6,11-12H2,(H,19,23). The summed E-state index contributed by atoms with van der Waals surface area (Å²) in [5.74, 6) is 0.972. The summed E-state index contributed by atoms with van der Waals surface area (Å²) in [6.07, 6.45) is 1.31. The molecule has 0 aliphatic carbocycles. The van der Waals surface area contributed by atoms with E-state index in [1.807, 2.05) is 47.0 Å². The van der Waals surface area contributed by atoms with Crippen molar-refractivity contribution in [2.75, 3.05) is 5.32 Å². The number of para-hydroxylation sites is 2. The summed E-state index contributed by atoms with van der Waals surface area (Å²) in [5, 5.41) is 7.63. The molecule has 2 heterocycles. The molecule has 1 aliphatic heterocycles. The summed E-state index contributed by atoms with van der Waals surface area (Å²) in [7, 11) is 0. The van der Waals surface area contributed by atoms with Gasteiger partial charge in [-0.25, -0.2) is 9.78 Å². The molecule has 2 aromatic carbocycles. The van der Waals surface area contributed by atoms with Crippen LogP contribution in [0.2, 0.25) is 0 Å². The zero-order chi connectivity index (χ0) is 16.4. The largest absolute Gasteiger partial charge is 0.437 e. The molecule has 24 heavy (non-hydrogen) atoms. The number of anilines is 1. The third kappa shape index (κ3) is 2.74. The molecule has 0 bridgehead atoms. The molecule has 0 saturated heterocycles. The number of rotatable bonds is 2. The smallest absolute Gasteiger partial charge is 0.311 e. The van der Waals surface area contributed by atoms with Crippen LogP contribution in [0.4, 0.5) is 10.5 Å². The van der Waals surface area contributed by atoms with Gasteiger partial charge in [-0.15, -0.1) is 0 Å². The van der Waals surface area contributed by atoms with Gasteiger partial charge in [-0.2, -0.15) is 0 Å². The maximum absolute atomic E-state index is 12.0. The minimum absolute atomic E-state index is 0.616. The Morgan fingerprint density at radius 1 is 1.12 bits per heavy atom. The lowest BCUT2D eigenvalue weighted by Gasteiger charge is -2.07. The van der Waals surface area contributed by atoms with E-state index < -0.39 is 6.09 Å². The number of nitrogens with zero attached hydrogens (tertiary/aromatic N) is 3. The van der Waals surface area contributed by atoms with Crippen molar-refractivity contribution in [1.82, 2.24) is 9.55 Å². The summed E-state index contributed by atoms with van der Waals surface area (Å²) >= 11 is 0. The van der Waals surface area contributed by atoms with Crippen LogP contribution >= 0.6 is 0 Å². The number of carbonyl (C=O) groups is 1. The van der Waals surface area contributed by atoms with E-state index in [0.29, 0.717) is 11.2 Å². The summed E-state index contributed by atoms with van der Waals surface area (Å²) in [6, 6.07) is 16.9. The molecular weight excluding hydrogens is 304 g/mol. The Balaban J connectivity index is 1.68. The number of hydrogen-bond acceptors (Lipinski definition) is 4. The summed E-state index contributed by atoms with van der Waals surface area (Å²) in [6.45, 7) is 0.829. The highest BCUT2D eigenvalue weighted by molar-refractivity contribution is 5.84. The molecule has 0 fully saturated rings. The molecule has 1 aliphatic rings. The van der Waals surface area contributed by atoms with E-state index >= 15 is 0 Å². The van der Waals surface area contributed by atoms with Crippen molar-refractivity contribution in [3.05, 3.63) is 65.9 Å². The summed E-state index contributed by atoms with van der Waals surface area (Å²) in [4.78, 5) is 21.7. The summed E-state index contributed by atoms with van der Waals surface area (Å²) in [5.41, 5.74) is 2.16. The maximum Gasteiger partial charge on any atom is 0.437 e. The Morgan fingerprint density at radius 3 is 2.79 bits per heavy atom. The van der Waals surface area contributed by atoms with Gasteiger partial charge in [-0.05, 0) is 30.7 Å². The van der Waals surface area contributed by atoms with Crippen molar-refractivity contribution >= 4 is 22.7 Å². The van der Waals surface area contributed by atoms with E-state index in [9.17, 15) is 4.79 Å². The van der Waals surface area contributed by atoms with Crippen LogP contribution in [-0.2, 0) is 17.8 Å². The first-order valence-corrected chi connectivity index (χ1v) is 7.87. The molecule has 0 saturated carbocycles. The van der Waals surface area contributed by atoms with Gasteiger partial charge in [-0.3, -0.25) is 10.2 Å². The van der Waals surface area contributed by atoms with E-state index in [1.54, 1.807) is 12.1 Å². The van der Waals surface area contributed by atoms with Crippen LogP contribution in [0, 0.1) is 0 Å². The lowest BCUT2D eigenvalue weighted by atomic mass is 10.2. The van der Waals surface area contributed by atoms with Crippen LogP contribution < -0.4 is 10.8 Å². The first-order chi connectivity index (χ1) is 11.8. The fourth-order valence-electron chi connectivity index (χ4n) is 2.89. The van der Waals surface area contributed by atoms with Gasteiger partial charge in [0.1, 0.15) is 5.82 Å². The maximum atomic E-state index is 12.0. The first kappa shape index (κ1) is 14.4. The number of aryl methyl sites for hydroxylation is 1. The normalized spacial score (nSPS) is 13.8. The molecule has 120 valence electrons. The molecule has 6 heteroatoms. The average molecular weight is 320 g/mol. The van der Waals surface area contributed by atoms with E-state index in [1.165, 1.54) is 0 Å². The molecule has 1 aromatic heterocycles. The molecule has 0 atom stereocenters. The molecule has 6 nitrogen and oxygen atoms in total. The fraction of sp³-hybridized carbons (Fsp3) is 0.167. The van der Waals surface area contributed by atoms with E-state index in [-0.39, 0.29) is 0 Å². The second-order valence-corrected chi connectivity index (χ2v) is 5.59. The Kier molecular flexibility index (Phi) is 3.70. The van der Waals surface area contributed by atoms with Gasteiger partial charge in [0.25, 0.3) is 0 Å². The molecule has 3 aromatic rings. The average Bonchev–Trinajstić information content (AvgIpc) is 3.07. The minimum Gasteiger partial charge on any atom is -0.311 e. The SMILES string of the molecule is O=C(Nc1ccccc1)ON=c1c2ccccc2nc2n1CCC2. The van der Waals surface area contributed by atoms with Gasteiger partial charge < -0.3 is 4.57 Å². The Bertz CT molecular complexity index is 964. The topological polar surface area (TPSA) is 68.5 Å². The third-order valence-corrected chi connectivity index (χ3v) is 3.98. The Morgan fingerprint density at radius 2 is 1.92 bits per heavy atom. The van der Waals surface area contributed by atoms with Crippen molar-refractivity contribution in [3.8, 4) is 0 Å². The van der Waals surface area contributed by atoms with Crippen LogP contribution in [0.3, 0.4) is 0 Å². The second-order valence-electron chi connectivity index (χ2n) is 5.59. The number of amides is 1. The van der Waals surface area contributed by atoms with Crippen molar-refractivity contribution in [3.63, 3.8) is 0 Å². The van der Waals surface area contributed by atoms with Gasteiger partial charge in [0.05, 0.1) is 5.52 Å². The zero-order valence-corrected chi connectivity index (χ0v) is 13.0. The lowest BCUT2D eigenvalue weighted by Crippen LogP contribution is -2.24. The lowest BCUT2D eigenvalue weighted by molar-refractivity contribution is 0.160. The van der Waals surface area contributed by atoms with Crippen molar-refractivity contribution in [2.24, 2.45) is 5.16 Å². The van der Waals surface area contributed by atoms with Crippen LogP contribution in [0.15, 0.2) is 59.8 Å². The quantitative estimate of drug-likeness (QED) is 0.583. The highest BCUT2D eigenvalue weighted by Crippen LogP contribution is 2.14. The Labute approximate surface area is 138 Å². The number of aromatic nitrogens is 2. The number of benzene rings is 2. The minimum atomic E-state index is -0.616. The third-order valence-electron chi connectivity index (χ3n) is 3.98. The van der Waals surface area contributed by atoms with Crippen molar-refractivity contribution in [1.29, 1.82) is 0 Å². The predicted molar refractivity (Wildman–Crippen MR) is 90.2 cm³/mol. The summed E-state index contributed by atoms with van der Waals surface area (Å²) < 4.78 is 2.01.